The molecule has 0 fully saturated rings. The van der Waals surface area contributed by atoms with Crippen molar-refractivity contribution < 1.29 is 17.1 Å². The summed E-state index contributed by atoms with van der Waals surface area (Å²) in [4.78, 5) is 4.20. The topological polar surface area (TPSA) is 24.9 Å². The van der Waals surface area contributed by atoms with Gasteiger partial charge in [0.05, 0.1) is 29.4 Å². The van der Waals surface area contributed by atoms with Crippen molar-refractivity contribution in [2.75, 3.05) is 0 Å². The van der Waals surface area contributed by atoms with Crippen molar-refractivity contribution in [3.05, 3.63) is 52.8 Å². The van der Waals surface area contributed by atoms with E-state index in [0.717, 1.165) is 18.3 Å². The van der Waals surface area contributed by atoms with Crippen molar-refractivity contribution in [1.82, 2.24) is 10.3 Å². The molecule has 0 aliphatic carbocycles. The Labute approximate surface area is 105 Å². The molecule has 2 nitrogen and oxygen atoms in total. The molecule has 1 atom stereocenters. The lowest BCUT2D eigenvalue weighted by Crippen LogP contribution is -2.18. The van der Waals surface area contributed by atoms with Crippen LogP contribution in [0.5, 0.6) is 0 Å². The molecule has 0 aromatic carbocycles. The molecule has 0 spiro atoms. The Morgan fingerprint density at radius 2 is 2.11 bits per heavy atom. The quantitative estimate of drug-likeness (QED) is 0.832. The number of rotatable bonds is 2. The molecule has 96 valence electrons. The molecule has 0 radical (unpaired) electrons. The molecular weight excluding hydrogens is 268 g/mol. The van der Waals surface area contributed by atoms with Gasteiger partial charge in [0, 0.05) is 11.1 Å². The van der Waals surface area contributed by atoms with Crippen LogP contribution in [-0.4, -0.2) is 4.98 Å². The third-order valence-electron chi connectivity index (χ3n) is 2.37. The van der Waals surface area contributed by atoms with E-state index in [1.807, 2.05) is 0 Å². The summed E-state index contributed by atoms with van der Waals surface area (Å²) in [5.74, 6) is 0. The van der Waals surface area contributed by atoms with Gasteiger partial charge in [-0.1, -0.05) is 0 Å². The first-order valence-electron chi connectivity index (χ1n) is 4.97. The lowest BCUT2D eigenvalue weighted by atomic mass is 10.1. The van der Waals surface area contributed by atoms with E-state index in [2.05, 4.69) is 10.3 Å². The van der Waals surface area contributed by atoms with Crippen molar-refractivity contribution in [3.63, 3.8) is 0 Å². The largest absolute Gasteiger partial charge is 0.416 e. The maximum Gasteiger partial charge on any atom is 0.416 e. The van der Waals surface area contributed by atoms with Crippen molar-refractivity contribution in [2.24, 2.45) is 0 Å². The van der Waals surface area contributed by atoms with Crippen molar-refractivity contribution in [3.8, 4) is 0 Å². The van der Waals surface area contributed by atoms with Crippen LogP contribution in [0.2, 0.25) is 0 Å². The summed E-state index contributed by atoms with van der Waals surface area (Å²) in [7, 11) is 0. The van der Waals surface area contributed by atoms with Crippen LogP contribution < -0.4 is 5.32 Å². The summed E-state index contributed by atoms with van der Waals surface area (Å²) < 4.78 is 50.0. The normalized spacial score (nSPS) is 19.3. The Kier molecular flexibility index (Phi) is 3.60. The van der Waals surface area contributed by atoms with Crippen LogP contribution in [0.15, 0.2) is 41.6 Å². The number of alkyl halides is 3. The zero-order valence-electron chi connectivity index (χ0n) is 8.91. The van der Waals surface area contributed by atoms with Gasteiger partial charge in [-0.2, -0.15) is 17.1 Å². The maximum absolute atomic E-state index is 12.5. The van der Waals surface area contributed by atoms with Gasteiger partial charge in [-0.3, -0.25) is 4.98 Å². The van der Waals surface area contributed by atoms with Crippen LogP contribution >= 0.6 is 12.1 Å². The van der Waals surface area contributed by atoms with Gasteiger partial charge in [0.1, 0.15) is 0 Å². The number of hydrogen-bond acceptors (Lipinski definition) is 3. The first kappa shape index (κ1) is 12.9. The monoisotopic (exact) mass is 276 g/mol. The Balaban J connectivity index is 2.30. The van der Waals surface area contributed by atoms with E-state index < -0.39 is 17.8 Å². The van der Waals surface area contributed by atoms with Gasteiger partial charge in [0.2, 0.25) is 0 Å². The van der Waals surface area contributed by atoms with Crippen LogP contribution in [0.25, 0.3) is 0 Å². The van der Waals surface area contributed by atoms with Crippen LogP contribution in [0.4, 0.5) is 17.1 Å². The second-order valence-corrected chi connectivity index (χ2v) is 4.22. The molecule has 18 heavy (non-hydrogen) atoms. The molecule has 0 saturated carbocycles. The number of nitrogens with one attached hydrogen (secondary N) is 1. The first-order chi connectivity index (χ1) is 8.50. The van der Waals surface area contributed by atoms with Crippen molar-refractivity contribution >= 4 is 12.1 Å². The average molecular weight is 276 g/mol. The summed E-state index contributed by atoms with van der Waals surface area (Å²) >= 11 is 0.0382. The number of pyridine rings is 1. The first-order valence-corrected chi connectivity index (χ1v) is 5.68. The summed E-state index contributed by atoms with van der Waals surface area (Å²) in [6.07, 6.45) is 1.13. The van der Waals surface area contributed by atoms with Gasteiger partial charge in [-0.05, 0) is 30.5 Å². The van der Waals surface area contributed by atoms with Crippen molar-refractivity contribution in [1.29, 1.82) is 0 Å². The third kappa shape index (κ3) is 2.84. The van der Waals surface area contributed by atoms with E-state index in [-0.39, 0.29) is 17.8 Å². The Morgan fingerprint density at radius 3 is 2.78 bits per heavy atom. The molecule has 1 aromatic rings. The minimum atomic E-state index is -4.41. The minimum absolute atomic E-state index is 0.0382. The van der Waals surface area contributed by atoms with E-state index in [4.69, 9.17) is 0 Å². The molecule has 1 aliphatic rings. The minimum Gasteiger partial charge on any atom is -0.379 e. The van der Waals surface area contributed by atoms with Crippen LogP contribution in [0, 0.1) is 0 Å². The van der Waals surface area contributed by atoms with Crippen molar-refractivity contribution in [2.45, 2.75) is 12.2 Å². The van der Waals surface area contributed by atoms with E-state index in [1.54, 1.807) is 0 Å². The Morgan fingerprint density at radius 1 is 1.33 bits per heavy atom. The number of allylic oxidation sites excluding steroid dienone is 1. The molecule has 0 saturated heterocycles. The molecule has 7 heteroatoms. The summed E-state index contributed by atoms with van der Waals surface area (Å²) in [6.45, 7) is 0. The number of dihydropyridines is 1. The highest BCUT2D eigenvalue weighted by Gasteiger charge is 2.31. The standard InChI is InChI=1S/C11H8F4N2S/c12-11(13,14)7-1-3-16-9(5-7)10-6-8(18-15)2-4-17-10/h1-6,10,17H. The molecular formula is C11H8F4N2S. The highest BCUT2D eigenvalue weighted by Crippen LogP contribution is 2.31. The fraction of sp³-hybridized carbons (Fsp3) is 0.182. The molecule has 2 rings (SSSR count). The summed E-state index contributed by atoms with van der Waals surface area (Å²) in [5, 5.41) is 2.81. The fourth-order valence-corrected chi connectivity index (χ4v) is 1.83. The van der Waals surface area contributed by atoms with Crippen LogP contribution in [-0.2, 0) is 6.18 Å². The van der Waals surface area contributed by atoms with Gasteiger partial charge >= 0.3 is 6.18 Å². The number of nitrogens with zero attached hydrogens (tertiary/aromatic N) is 1. The Bertz CT molecular complexity index is 496. The van der Waals surface area contributed by atoms with E-state index in [0.29, 0.717) is 4.91 Å². The SMILES string of the molecule is FSC1=CC(c2cc(C(F)(F)F)ccn2)NC=C1. The predicted molar refractivity (Wildman–Crippen MR) is 61.0 cm³/mol. The number of halogens is 4. The highest BCUT2D eigenvalue weighted by molar-refractivity contribution is 7.98. The molecule has 1 N–H and O–H groups in total. The van der Waals surface area contributed by atoms with Gasteiger partial charge in [-0.15, -0.1) is 0 Å². The second-order valence-electron chi connectivity index (χ2n) is 3.59. The smallest absolute Gasteiger partial charge is 0.379 e. The molecule has 0 amide bonds. The van der Waals surface area contributed by atoms with Gasteiger partial charge in [0.25, 0.3) is 0 Å². The maximum atomic E-state index is 12.5. The fourth-order valence-electron chi connectivity index (χ4n) is 1.52. The average Bonchev–Trinajstić information content (AvgIpc) is 2.38. The van der Waals surface area contributed by atoms with Gasteiger partial charge in [-0.25, -0.2) is 0 Å². The number of hydrogen-bond donors (Lipinski definition) is 1. The third-order valence-corrected chi connectivity index (χ3v) is 2.82. The zero-order valence-corrected chi connectivity index (χ0v) is 9.73. The number of aromatic nitrogens is 1. The van der Waals surface area contributed by atoms with E-state index >= 15 is 0 Å². The highest BCUT2D eigenvalue weighted by atomic mass is 32.2. The molecule has 1 aliphatic heterocycles. The second kappa shape index (κ2) is 5.01. The van der Waals surface area contributed by atoms with Gasteiger partial charge < -0.3 is 5.32 Å². The van der Waals surface area contributed by atoms with Crippen LogP contribution in [0.1, 0.15) is 17.3 Å². The summed E-state index contributed by atoms with van der Waals surface area (Å²) in [5.41, 5.74) is -0.576. The van der Waals surface area contributed by atoms with Gasteiger partial charge in [0.15, 0.2) is 0 Å². The molecule has 1 aromatic heterocycles. The zero-order chi connectivity index (χ0) is 13.2. The van der Waals surface area contributed by atoms with E-state index in [9.17, 15) is 17.1 Å². The lowest BCUT2D eigenvalue weighted by Gasteiger charge is -2.18. The van der Waals surface area contributed by atoms with E-state index in [1.165, 1.54) is 18.4 Å². The molecule has 1 unspecified atom stereocenters. The van der Waals surface area contributed by atoms with Crippen LogP contribution in [0.3, 0.4) is 0 Å². The molecule has 0 bridgehead atoms. The predicted octanol–water partition coefficient (Wildman–Crippen LogP) is 3.76. The molecule has 2 heterocycles. The lowest BCUT2D eigenvalue weighted by molar-refractivity contribution is -0.137. The summed E-state index contributed by atoms with van der Waals surface area (Å²) in [6, 6.07) is 1.29. The Hall–Kier alpha value is -1.50.